The van der Waals surface area contributed by atoms with E-state index in [4.69, 9.17) is 4.74 Å². The van der Waals surface area contributed by atoms with Crippen molar-refractivity contribution in [2.75, 3.05) is 6.61 Å². The quantitative estimate of drug-likeness (QED) is 0.185. The zero-order valence-electron chi connectivity index (χ0n) is 17.8. The summed E-state index contributed by atoms with van der Waals surface area (Å²) in [7, 11) is -0.199. The summed E-state index contributed by atoms with van der Waals surface area (Å²) in [5.74, 6) is -0.227. The Balaban J connectivity index is 1.63. The third-order valence-corrected chi connectivity index (χ3v) is 7.25. The van der Waals surface area contributed by atoms with Gasteiger partial charge in [0.1, 0.15) is 0 Å². The van der Waals surface area contributed by atoms with E-state index in [1.165, 1.54) is 40.4 Å². The van der Waals surface area contributed by atoms with Crippen LogP contribution in [-0.4, -0.2) is 12.6 Å². The first-order chi connectivity index (χ1) is 14.8. The van der Waals surface area contributed by atoms with E-state index in [9.17, 15) is 4.79 Å². The topological polar surface area (TPSA) is 26.3 Å². The summed E-state index contributed by atoms with van der Waals surface area (Å²) >= 11 is 0. The van der Waals surface area contributed by atoms with Crippen molar-refractivity contribution >= 4 is 16.9 Å². The second kappa shape index (κ2) is 12.2. The van der Waals surface area contributed by atoms with Crippen molar-refractivity contribution in [2.24, 2.45) is 0 Å². The van der Waals surface area contributed by atoms with Crippen LogP contribution in [0.15, 0.2) is 99.6 Å². The first kappa shape index (κ1) is 22.2. The average Bonchev–Trinajstić information content (AvgIpc) is 2.80. The Morgan fingerprint density at radius 3 is 1.73 bits per heavy atom. The summed E-state index contributed by atoms with van der Waals surface area (Å²) in [6.45, 7) is 2.72. The highest BCUT2D eigenvalue weighted by atomic mass is 32.2. The molecule has 0 bridgehead atoms. The minimum atomic E-state index is -0.227. The lowest BCUT2D eigenvalue weighted by Gasteiger charge is -2.09. The monoisotopic (exact) mass is 419 g/mol. The summed E-state index contributed by atoms with van der Waals surface area (Å²) in [6.07, 6.45) is 7.11. The largest absolute Gasteiger partial charge is 0.462 e. The van der Waals surface area contributed by atoms with Crippen LogP contribution in [0.2, 0.25) is 0 Å². The van der Waals surface area contributed by atoms with Crippen LogP contribution in [0.5, 0.6) is 0 Å². The summed E-state index contributed by atoms with van der Waals surface area (Å²) in [5.41, 5.74) is 0.620. The molecule has 0 unspecified atom stereocenters. The van der Waals surface area contributed by atoms with Gasteiger partial charge >= 0.3 is 5.97 Å². The molecular weight excluding hydrogens is 388 g/mol. The molecule has 0 aliphatic rings. The van der Waals surface area contributed by atoms with Crippen LogP contribution in [0.3, 0.4) is 0 Å². The smallest absolute Gasteiger partial charge is 0.338 e. The van der Waals surface area contributed by atoms with Crippen molar-refractivity contribution in [1.29, 1.82) is 0 Å². The van der Waals surface area contributed by atoms with Crippen LogP contribution in [0, 0.1) is 0 Å². The summed E-state index contributed by atoms with van der Waals surface area (Å²) in [4.78, 5) is 16.1. The van der Waals surface area contributed by atoms with Crippen LogP contribution >= 0.6 is 0 Å². The molecule has 0 heterocycles. The summed E-state index contributed by atoms with van der Waals surface area (Å²) in [6, 6.07) is 29.0. The van der Waals surface area contributed by atoms with E-state index < -0.39 is 0 Å². The fourth-order valence-electron chi connectivity index (χ4n) is 3.38. The van der Waals surface area contributed by atoms with E-state index >= 15 is 0 Å². The fourth-order valence-corrected chi connectivity index (χ4v) is 5.46. The Hall–Kier alpha value is -2.52. The molecule has 0 saturated carbocycles. The standard InChI is InChI=1S/C27H31O2S/c1-2-3-4-5-6-13-22-29-27(28)23-18-20-26(21-19-23)30(24-14-9-7-10-15-24)25-16-11-8-12-17-25/h7-12,14-21H,2-6,13,22H2,1H3/q+1. The highest BCUT2D eigenvalue weighted by Gasteiger charge is 2.28. The van der Waals surface area contributed by atoms with Crippen molar-refractivity contribution < 1.29 is 9.53 Å². The number of carbonyl (C=O) groups excluding carboxylic acids is 1. The molecule has 156 valence electrons. The Kier molecular flexibility index (Phi) is 9.04. The van der Waals surface area contributed by atoms with Gasteiger partial charge in [-0.3, -0.25) is 0 Å². The van der Waals surface area contributed by atoms with Crippen LogP contribution in [0.25, 0.3) is 0 Å². The van der Waals surface area contributed by atoms with Crippen LogP contribution in [-0.2, 0) is 15.6 Å². The predicted molar refractivity (Wildman–Crippen MR) is 125 cm³/mol. The molecule has 0 radical (unpaired) electrons. The highest BCUT2D eigenvalue weighted by Crippen LogP contribution is 2.31. The van der Waals surface area contributed by atoms with E-state index in [1.54, 1.807) is 0 Å². The van der Waals surface area contributed by atoms with Crippen LogP contribution < -0.4 is 0 Å². The van der Waals surface area contributed by atoms with Crippen molar-refractivity contribution in [1.82, 2.24) is 0 Å². The molecule has 3 rings (SSSR count). The number of hydrogen-bond acceptors (Lipinski definition) is 2. The molecule has 0 aliphatic carbocycles. The van der Waals surface area contributed by atoms with Crippen molar-refractivity contribution in [3.05, 3.63) is 90.5 Å². The first-order valence-electron chi connectivity index (χ1n) is 10.9. The maximum atomic E-state index is 12.4. The number of rotatable bonds is 11. The molecule has 0 atom stereocenters. The molecule has 0 saturated heterocycles. The lowest BCUT2D eigenvalue weighted by molar-refractivity contribution is 0.0497. The average molecular weight is 420 g/mol. The van der Waals surface area contributed by atoms with Gasteiger partial charge in [-0.1, -0.05) is 75.4 Å². The predicted octanol–water partition coefficient (Wildman–Crippen LogP) is 7.30. The molecule has 0 amide bonds. The van der Waals surface area contributed by atoms with Gasteiger partial charge in [0.05, 0.1) is 23.1 Å². The molecule has 0 N–H and O–H groups in total. The number of carbonyl (C=O) groups is 1. The molecular formula is C27H31O2S+. The van der Waals surface area contributed by atoms with E-state index in [1.807, 2.05) is 24.3 Å². The van der Waals surface area contributed by atoms with E-state index in [2.05, 4.69) is 67.6 Å². The third kappa shape index (κ3) is 6.50. The maximum absolute atomic E-state index is 12.4. The molecule has 0 fully saturated rings. The molecule has 0 aliphatic heterocycles. The van der Waals surface area contributed by atoms with Gasteiger partial charge in [-0.25, -0.2) is 4.79 Å². The Morgan fingerprint density at radius 1 is 0.667 bits per heavy atom. The lowest BCUT2D eigenvalue weighted by atomic mass is 10.1. The van der Waals surface area contributed by atoms with Gasteiger partial charge in [0.2, 0.25) is 0 Å². The number of unbranched alkanes of at least 4 members (excludes halogenated alkanes) is 5. The molecule has 3 heteroatoms. The maximum Gasteiger partial charge on any atom is 0.338 e. The minimum absolute atomic E-state index is 0.199. The van der Waals surface area contributed by atoms with Gasteiger partial charge < -0.3 is 4.74 Å². The van der Waals surface area contributed by atoms with Gasteiger partial charge in [-0.05, 0) is 55.0 Å². The van der Waals surface area contributed by atoms with Crippen molar-refractivity contribution in [3.8, 4) is 0 Å². The Bertz CT molecular complexity index is 836. The van der Waals surface area contributed by atoms with Gasteiger partial charge in [-0.2, -0.15) is 0 Å². The van der Waals surface area contributed by atoms with E-state index in [0.717, 1.165) is 12.8 Å². The second-order valence-corrected chi connectivity index (χ2v) is 9.39. The first-order valence-corrected chi connectivity index (χ1v) is 12.1. The zero-order chi connectivity index (χ0) is 21.0. The second-order valence-electron chi connectivity index (χ2n) is 7.36. The number of esters is 1. The molecule has 30 heavy (non-hydrogen) atoms. The zero-order valence-corrected chi connectivity index (χ0v) is 18.6. The Morgan fingerprint density at radius 2 is 1.17 bits per heavy atom. The normalized spacial score (nSPS) is 10.9. The molecule has 2 nitrogen and oxygen atoms in total. The van der Waals surface area contributed by atoms with Gasteiger partial charge in [-0.15, -0.1) is 0 Å². The molecule has 0 aromatic heterocycles. The van der Waals surface area contributed by atoms with Crippen LogP contribution in [0.4, 0.5) is 0 Å². The number of benzene rings is 3. The Labute approximate surface area is 183 Å². The summed E-state index contributed by atoms with van der Waals surface area (Å²) in [5, 5.41) is 0. The van der Waals surface area contributed by atoms with Gasteiger partial charge in [0, 0.05) is 0 Å². The fraction of sp³-hybridized carbons (Fsp3) is 0.296. The summed E-state index contributed by atoms with van der Waals surface area (Å²) < 4.78 is 5.47. The van der Waals surface area contributed by atoms with Crippen molar-refractivity contribution in [3.63, 3.8) is 0 Å². The van der Waals surface area contributed by atoms with Crippen molar-refractivity contribution in [2.45, 2.75) is 60.1 Å². The third-order valence-electron chi connectivity index (χ3n) is 5.01. The van der Waals surface area contributed by atoms with Gasteiger partial charge in [0.15, 0.2) is 14.7 Å². The van der Waals surface area contributed by atoms with Gasteiger partial charge in [0.25, 0.3) is 0 Å². The lowest BCUT2D eigenvalue weighted by Crippen LogP contribution is -2.08. The number of hydrogen-bond donors (Lipinski definition) is 0. The molecule has 0 spiro atoms. The molecule has 3 aromatic rings. The van der Waals surface area contributed by atoms with E-state index in [0.29, 0.717) is 12.2 Å². The van der Waals surface area contributed by atoms with E-state index in [-0.39, 0.29) is 16.9 Å². The minimum Gasteiger partial charge on any atom is -0.462 e. The SMILES string of the molecule is CCCCCCCCOC(=O)c1ccc([S+](c2ccccc2)c2ccccc2)cc1. The molecule has 3 aromatic carbocycles. The van der Waals surface area contributed by atoms with Crippen LogP contribution in [0.1, 0.15) is 55.8 Å². The highest BCUT2D eigenvalue weighted by molar-refractivity contribution is 7.97. The number of ether oxygens (including phenoxy) is 1.